The van der Waals surface area contributed by atoms with E-state index < -0.39 is 29.6 Å². The standard InChI is InChI=1S/C13H13F4NO2/c1-3-4-18-11(12(19)20-2)8-5-9(13(15,16)17)7-10(14)6-8/h3,5-7,11,18H,1,4H2,2H3. The van der Waals surface area contributed by atoms with Gasteiger partial charge in [0, 0.05) is 6.54 Å². The zero-order valence-electron chi connectivity index (χ0n) is 10.6. The first-order valence-corrected chi connectivity index (χ1v) is 5.59. The molecule has 1 aromatic carbocycles. The van der Waals surface area contributed by atoms with E-state index in [1.807, 2.05) is 0 Å². The van der Waals surface area contributed by atoms with Crippen molar-refractivity contribution in [3.8, 4) is 0 Å². The van der Waals surface area contributed by atoms with E-state index in [-0.39, 0.29) is 12.1 Å². The summed E-state index contributed by atoms with van der Waals surface area (Å²) in [6.07, 6.45) is -3.28. The van der Waals surface area contributed by atoms with E-state index in [9.17, 15) is 22.4 Å². The van der Waals surface area contributed by atoms with E-state index in [1.165, 1.54) is 6.08 Å². The maximum absolute atomic E-state index is 13.3. The lowest BCUT2D eigenvalue weighted by molar-refractivity contribution is -0.143. The molecule has 110 valence electrons. The van der Waals surface area contributed by atoms with Gasteiger partial charge in [-0.05, 0) is 23.8 Å². The van der Waals surface area contributed by atoms with E-state index >= 15 is 0 Å². The van der Waals surface area contributed by atoms with E-state index in [1.54, 1.807) is 0 Å². The van der Waals surface area contributed by atoms with Gasteiger partial charge in [0.25, 0.3) is 0 Å². The fraction of sp³-hybridized carbons (Fsp3) is 0.308. The van der Waals surface area contributed by atoms with Crippen molar-refractivity contribution >= 4 is 5.97 Å². The molecule has 0 aliphatic rings. The molecule has 0 fully saturated rings. The van der Waals surface area contributed by atoms with E-state index in [4.69, 9.17) is 0 Å². The number of carbonyl (C=O) groups is 1. The number of hydrogen-bond acceptors (Lipinski definition) is 3. The maximum Gasteiger partial charge on any atom is 0.416 e. The van der Waals surface area contributed by atoms with Crippen LogP contribution in [0, 0.1) is 5.82 Å². The van der Waals surface area contributed by atoms with Crippen molar-refractivity contribution in [2.75, 3.05) is 13.7 Å². The highest BCUT2D eigenvalue weighted by molar-refractivity contribution is 5.77. The highest BCUT2D eigenvalue weighted by Gasteiger charge is 2.33. The van der Waals surface area contributed by atoms with Crippen LogP contribution in [0.15, 0.2) is 30.9 Å². The van der Waals surface area contributed by atoms with Gasteiger partial charge in [-0.15, -0.1) is 6.58 Å². The molecule has 7 heteroatoms. The quantitative estimate of drug-likeness (QED) is 0.515. The third-order valence-electron chi connectivity index (χ3n) is 2.48. The smallest absolute Gasteiger partial charge is 0.416 e. The zero-order chi connectivity index (χ0) is 15.3. The Bertz CT molecular complexity index is 500. The number of esters is 1. The minimum absolute atomic E-state index is 0.150. The van der Waals surface area contributed by atoms with Crippen molar-refractivity contribution in [1.82, 2.24) is 5.32 Å². The number of halogens is 4. The Hall–Kier alpha value is -1.89. The number of hydrogen-bond donors (Lipinski definition) is 1. The minimum Gasteiger partial charge on any atom is -0.468 e. The topological polar surface area (TPSA) is 38.3 Å². The van der Waals surface area contributed by atoms with Crippen LogP contribution in [0.2, 0.25) is 0 Å². The minimum atomic E-state index is -4.70. The van der Waals surface area contributed by atoms with E-state index in [0.29, 0.717) is 12.1 Å². The first kappa shape index (κ1) is 16.2. The molecule has 0 saturated carbocycles. The first-order chi connectivity index (χ1) is 9.29. The molecule has 0 bridgehead atoms. The summed E-state index contributed by atoms with van der Waals surface area (Å²) in [6.45, 7) is 3.57. The molecule has 0 aliphatic carbocycles. The van der Waals surface area contributed by atoms with Crippen LogP contribution in [0.25, 0.3) is 0 Å². The number of nitrogens with one attached hydrogen (secondary N) is 1. The van der Waals surface area contributed by atoms with Crippen molar-refractivity contribution in [3.63, 3.8) is 0 Å². The second kappa shape index (κ2) is 6.51. The Morgan fingerprint density at radius 3 is 2.60 bits per heavy atom. The monoisotopic (exact) mass is 291 g/mol. The molecule has 1 N–H and O–H groups in total. The molecule has 0 amide bonds. The molecule has 1 aromatic rings. The lowest BCUT2D eigenvalue weighted by Crippen LogP contribution is -2.30. The molecular formula is C13H13F4NO2. The van der Waals surface area contributed by atoms with Crippen molar-refractivity contribution in [1.29, 1.82) is 0 Å². The van der Waals surface area contributed by atoms with Crippen LogP contribution in [0.3, 0.4) is 0 Å². The molecule has 3 nitrogen and oxygen atoms in total. The van der Waals surface area contributed by atoms with Crippen LogP contribution in [0.5, 0.6) is 0 Å². The summed E-state index contributed by atoms with van der Waals surface area (Å²) in [4.78, 5) is 11.6. The molecule has 0 saturated heterocycles. The van der Waals surface area contributed by atoms with E-state index in [2.05, 4.69) is 16.6 Å². The van der Waals surface area contributed by atoms with E-state index in [0.717, 1.165) is 13.2 Å². The molecule has 0 heterocycles. The maximum atomic E-state index is 13.3. The lowest BCUT2D eigenvalue weighted by Gasteiger charge is -2.17. The summed E-state index contributed by atoms with van der Waals surface area (Å²) in [5.41, 5.74) is -1.33. The normalized spacial score (nSPS) is 12.8. The fourth-order valence-electron chi connectivity index (χ4n) is 1.60. The number of benzene rings is 1. The highest BCUT2D eigenvalue weighted by Crippen LogP contribution is 2.31. The van der Waals surface area contributed by atoms with Crippen molar-refractivity contribution in [3.05, 3.63) is 47.8 Å². The number of rotatable bonds is 5. The summed E-state index contributed by atoms with van der Waals surface area (Å²) >= 11 is 0. The van der Waals surface area contributed by atoms with Gasteiger partial charge in [-0.25, -0.2) is 9.18 Å². The van der Waals surface area contributed by atoms with Crippen LogP contribution in [-0.2, 0) is 15.7 Å². The van der Waals surface area contributed by atoms with Crippen LogP contribution in [0.4, 0.5) is 17.6 Å². The predicted octanol–water partition coefficient (Wildman–Crippen LogP) is 2.83. The van der Waals surface area contributed by atoms with Gasteiger partial charge < -0.3 is 4.74 Å². The zero-order valence-corrected chi connectivity index (χ0v) is 10.6. The molecule has 0 radical (unpaired) electrons. The van der Waals surface area contributed by atoms with Gasteiger partial charge in [-0.3, -0.25) is 5.32 Å². The predicted molar refractivity (Wildman–Crippen MR) is 64.4 cm³/mol. The van der Waals surface area contributed by atoms with Gasteiger partial charge in [-0.1, -0.05) is 6.08 Å². The Morgan fingerprint density at radius 2 is 2.10 bits per heavy atom. The van der Waals surface area contributed by atoms with Crippen molar-refractivity contribution in [2.45, 2.75) is 12.2 Å². The summed E-state index contributed by atoms with van der Waals surface area (Å²) in [5.74, 6) is -1.89. The Kier molecular flexibility index (Phi) is 5.26. The molecule has 0 aliphatic heterocycles. The van der Waals surface area contributed by atoms with Gasteiger partial charge in [0.15, 0.2) is 0 Å². The second-order valence-electron chi connectivity index (χ2n) is 3.92. The Labute approximate surface area is 113 Å². The third kappa shape index (κ3) is 4.06. The van der Waals surface area contributed by atoms with Gasteiger partial charge >= 0.3 is 12.1 Å². The number of methoxy groups -OCH3 is 1. The average Bonchev–Trinajstić information content (AvgIpc) is 2.37. The fourth-order valence-corrected chi connectivity index (χ4v) is 1.60. The largest absolute Gasteiger partial charge is 0.468 e. The summed E-state index contributed by atoms with van der Waals surface area (Å²) in [5, 5.41) is 2.62. The lowest BCUT2D eigenvalue weighted by atomic mass is 10.0. The van der Waals surface area contributed by atoms with Gasteiger partial charge in [0.2, 0.25) is 0 Å². The molecule has 1 rings (SSSR count). The SMILES string of the molecule is C=CCNC(C(=O)OC)c1cc(F)cc(C(F)(F)F)c1. The number of carbonyl (C=O) groups excluding carboxylic acids is 1. The molecule has 20 heavy (non-hydrogen) atoms. The van der Waals surface area contributed by atoms with Gasteiger partial charge in [0.05, 0.1) is 12.7 Å². The first-order valence-electron chi connectivity index (χ1n) is 5.59. The molecule has 1 atom stereocenters. The van der Waals surface area contributed by atoms with Crippen LogP contribution in [0.1, 0.15) is 17.2 Å². The number of alkyl halides is 3. The van der Waals surface area contributed by atoms with Gasteiger partial charge in [0.1, 0.15) is 11.9 Å². The van der Waals surface area contributed by atoms with Crippen LogP contribution in [-0.4, -0.2) is 19.6 Å². The van der Waals surface area contributed by atoms with Crippen LogP contribution >= 0.6 is 0 Å². The summed E-state index contributed by atoms with van der Waals surface area (Å²) in [7, 11) is 1.09. The summed E-state index contributed by atoms with van der Waals surface area (Å²) < 4.78 is 55.7. The second-order valence-corrected chi connectivity index (χ2v) is 3.92. The average molecular weight is 291 g/mol. The summed E-state index contributed by atoms with van der Waals surface area (Å²) in [6, 6.07) is 0.730. The Balaban J connectivity index is 3.22. The Morgan fingerprint density at radius 1 is 1.45 bits per heavy atom. The molecule has 0 aromatic heterocycles. The van der Waals surface area contributed by atoms with Gasteiger partial charge in [-0.2, -0.15) is 13.2 Å². The van der Waals surface area contributed by atoms with Crippen LogP contribution < -0.4 is 5.32 Å². The number of ether oxygens (including phenoxy) is 1. The molecular weight excluding hydrogens is 278 g/mol. The molecule has 0 spiro atoms. The third-order valence-corrected chi connectivity index (χ3v) is 2.48. The molecule has 1 unspecified atom stereocenters. The highest BCUT2D eigenvalue weighted by atomic mass is 19.4. The van der Waals surface area contributed by atoms with Crippen molar-refractivity contribution in [2.24, 2.45) is 0 Å². The van der Waals surface area contributed by atoms with Crippen molar-refractivity contribution < 1.29 is 27.1 Å².